The number of alkyl halides is 3. The van der Waals surface area contributed by atoms with E-state index in [1.807, 2.05) is 6.08 Å². The number of nitrogens with one attached hydrogen (secondary N) is 1. The monoisotopic (exact) mass is 471 g/mol. The number of aromatic carboxylic acids is 1. The van der Waals surface area contributed by atoms with Crippen molar-refractivity contribution in [1.29, 1.82) is 0 Å². The molecule has 2 aromatic carbocycles. The first-order chi connectivity index (χ1) is 16.1. The molecule has 0 bridgehead atoms. The summed E-state index contributed by atoms with van der Waals surface area (Å²) in [5, 5.41) is 12.3. The van der Waals surface area contributed by atoms with Gasteiger partial charge in [-0.3, -0.25) is 9.36 Å². The standard InChI is InChI=1S/C25H24F3N3O3/c1-14(29-20-11-7-6-10-17(20)24(33)34)18-12-16(25(26,27)28)13-19-21(18)30-22(31(2)23(19)32)15-8-4-3-5-9-15/h6-8,10-14,29H,3-5,9H2,1-2H3,(H,33,34)/t14-/m1/s1. The molecule has 0 saturated carbocycles. The van der Waals surface area contributed by atoms with Gasteiger partial charge in [0.2, 0.25) is 0 Å². The number of carboxylic acid groups (broad SMARTS) is 1. The summed E-state index contributed by atoms with van der Waals surface area (Å²) < 4.78 is 42.5. The van der Waals surface area contributed by atoms with E-state index in [1.54, 1.807) is 25.1 Å². The maximum absolute atomic E-state index is 13.7. The fourth-order valence-corrected chi connectivity index (χ4v) is 4.33. The van der Waals surface area contributed by atoms with Gasteiger partial charge in [-0.05, 0) is 62.4 Å². The Morgan fingerprint density at radius 1 is 1.21 bits per heavy atom. The number of rotatable bonds is 5. The molecule has 0 aliphatic heterocycles. The highest BCUT2D eigenvalue weighted by atomic mass is 19.4. The fraction of sp³-hybridized carbons (Fsp3) is 0.320. The summed E-state index contributed by atoms with van der Waals surface area (Å²) in [6.45, 7) is 1.62. The third kappa shape index (κ3) is 4.42. The molecule has 178 valence electrons. The summed E-state index contributed by atoms with van der Waals surface area (Å²) in [5.41, 5.74) is -0.0356. The van der Waals surface area contributed by atoms with Gasteiger partial charge in [0, 0.05) is 18.3 Å². The van der Waals surface area contributed by atoms with Gasteiger partial charge < -0.3 is 10.4 Å². The van der Waals surface area contributed by atoms with Gasteiger partial charge in [0.1, 0.15) is 5.82 Å². The zero-order valence-corrected chi connectivity index (χ0v) is 18.7. The largest absolute Gasteiger partial charge is 0.478 e. The number of halogens is 3. The first-order valence-corrected chi connectivity index (χ1v) is 11.0. The van der Waals surface area contributed by atoms with E-state index >= 15 is 0 Å². The third-order valence-electron chi connectivity index (χ3n) is 6.11. The lowest BCUT2D eigenvalue weighted by Gasteiger charge is -2.22. The number of nitrogens with zero attached hydrogens (tertiary/aromatic N) is 2. The number of anilines is 1. The van der Waals surface area contributed by atoms with Gasteiger partial charge in [-0.1, -0.05) is 18.2 Å². The Hall–Kier alpha value is -3.62. The third-order valence-corrected chi connectivity index (χ3v) is 6.11. The van der Waals surface area contributed by atoms with Gasteiger partial charge in [0.25, 0.3) is 5.56 Å². The van der Waals surface area contributed by atoms with Crippen molar-refractivity contribution in [3.8, 4) is 0 Å². The molecule has 34 heavy (non-hydrogen) atoms. The first kappa shape index (κ1) is 23.5. The minimum atomic E-state index is -4.67. The van der Waals surface area contributed by atoms with Crippen molar-refractivity contribution >= 4 is 28.1 Å². The smallest absolute Gasteiger partial charge is 0.416 e. The van der Waals surface area contributed by atoms with Gasteiger partial charge >= 0.3 is 12.1 Å². The maximum Gasteiger partial charge on any atom is 0.416 e. The van der Waals surface area contributed by atoms with Crippen LogP contribution in [0.25, 0.3) is 16.5 Å². The average molecular weight is 471 g/mol. The van der Waals surface area contributed by atoms with Gasteiger partial charge in [-0.25, -0.2) is 9.78 Å². The Labute approximate surface area is 193 Å². The molecule has 1 heterocycles. The molecule has 3 aromatic rings. The number of carbonyl (C=O) groups is 1. The number of carboxylic acids is 1. The van der Waals surface area contributed by atoms with Crippen molar-refractivity contribution in [2.75, 3.05) is 5.32 Å². The van der Waals surface area contributed by atoms with Crippen molar-refractivity contribution in [2.24, 2.45) is 7.05 Å². The molecular formula is C25H24F3N3O3. The second-order valence-electron chi connectivity index (χ2n) is 8.45. The van der Waals surface area contributed by atoms with Crippen LogP contribution in [0.4, 0.5) is 18.9 Å². The molecule has 0 saturated heterocycles. The summed E-state index contributed by atoms with van der Waals surface area (Å²) in [5.74, 6) is -0.723. The molecule has 1 atom stereocenters. The van der Waals surface area contributed by atoms with Gasteiger partial charge in [-0.2, -0.15) is 13.2 Å². The molecule has 1 aliphatic rings. The van der Waals surface area contributed by atoms with Crippen LogP contribution in [0.1, 0.15) is 66.0 Å². The van der Waals surface area contributed by atoms with E-state index in [1.165, 1.54) is 17.7 Å². The van der Waals surface area contributed by atoms with Crippen LogP contribution in [0.3, 0.4) is 0 Å². The number of allylic oxidation sites excluding steroid dienone is 2. The van der Waals surface area contributed by atoms with Gasteiger partial charge in [0.15, 0.2) is 0 Å². The zero-order valence-electron chi connectivity index (χ0n) is 18.7. The summed E-state index contributed by atoms with van der Waals surface area (Å²) >= 11 is 0. The van der Waals surface area contributed by atoms with Crippen molar-refractivity contribution in [1.82, 2.24) is 9.55 Å². The highest BCUT2D eigenvalue weighted by Crippen LogP contribution is 2.36. The van der Waals surface area contributed by atoms with E-state index in [0.717, 1.165) is 43.4 Å². The molecular weight excluding hydrogens is 447 g/mol. The van der Waals surface area contributed by atoms with Crippen LogP contribution in [-0.4, -0.2) is 20.6 Å². The Balaban J connectivity index is 1.93. The Kier molecular flexibility index (Phi) is 6.20. The van der Waals surface area contributed by atoms with Gasteiger partial charge in [-0.15, -0.1) is 0 Å². The highest BCUT2D eigenvalue weighted by molar-refractivity contribution is 5.94. The zero-order chi connectivity index (χ0) is 24.6. The van der Waals surface area contributed by atoms with Crippen LogP contribution >= 0.6 is 0 Å². The van der Waals surface area contributed by atoms with Crippen LogP contribution in [0, 0.1) is 0 Å². The quantitative estimate of drug-likeness (QED) is 0.493. The van der Waals surface area contributed by atoms with E-state index < -0.39 is 29.3 Å². The molecule has 0 radical (unpaired) electrons. The van der Waals surface area contributed by atoms with Crippen LogP contribution in [0.5, 0.6) is 0 Å². The minimum absolute atomic E-state index is 0.0115. The number of para-hydroxylation sites is 1. The van der Waals surface area contributed by atoms with Crippen LogP contribution < -0.4 is 10.9 Å². The lowest BCUT2D eigenvalue weighted by Crippen LogP contribution is -2.24. The molecule has 0 spiro atoms. The fourth-order valence-electron chi connectivity index (χ4n) is 4.33. The molecule has 1 aromatic heterocycles. The minimum Gasteiger partial charge on any atom is -0.478 e. The van der Waals surface area contributed by atoms with E-state index in [4.69, 9.17) is 0 Å². The molecule has 9 heteroatoms. The predicted octanol–water partition coefficient (Wildman–Crippen LogP) is 5.78. The summed E-state index contributed by atoms with van der Waals surface area (Å²) in [7, 11) is 1.52. The van der Waals surface area contributed by atoms with Crippen LogP contribution in [-0.2, 0) is 13.2 Å². The summed E-state index contributed by atoms with van der Waals surface area (Å²) in [6, 6.07) is 7.20. The number of fused-ring (bicyclic) bond motifs is 1. The summed E-state index contributed by atoms with van der Waals surface area (Å²) in [6.07, 6.45) is 0.927. The predicted molar refractivity (Wildman–Crippen MR) is 124 cm³/mol. The normalized spacial score (nSPS) is 15.1. The molecule has 0 amide bonds. The Morgan fingerprint density at radius 2 is 1.94 bits per heavy atom. The number of aromatic nitrogens is 2. The maximum atomic E-state index is 13.7. The van der Waals surface area contributed by atoms with E-state index in [0.29, 0.717) is 5.82 Å². The van der Waals surface area contributed by atoms with Crippen molar-refractivity contribution in [2.45, 2.75) is 44.8 Å². The second kappa shape index (κ2) is 8.96. The highest BCUT2D eigenvalue weighted by Gasteiger charge is 2.33. The van der Waals surface area contributed by atoms with Crippen LogP contribution in [0.15, 0.2) is 47.3 Å². The Bertz CT molecular complexity index is 1360. The van der Waals surface area contributed by atoms with Gasteiger partial charge in [0.05, 0.1) is 28.1 Å². The lowest BCUT2D eigenvalue weighted by molar-refractivity contribution is -0.137. The van der Waals surface area contributed by atoms with Crippen LogP contribution in [0.2, 0.25) is 0 Å². The second-order valence-corrected chi connectivity index (χ2v) is 8.45. The lowest BCUT2D eigenvalue weighted by atomic mass is 9.97. The Morgan fingerprint density at radius 3 is 2.59 bits per heavy atom. The average Bonchev–Trinajstić information content (AvgIpc) is 2.80. The number of hydrogen-bond acceptors (Lipinski definition) is 4. The van der Waals surface area contributed by atoms with Crippen molar-refractivity contribution in [3.63, 3.8) is 0 Å². The summed E-state index contributed by atoms with van der Waals surface area (Å²) in [4.78, 5) is 29.4. The van der Waals surface area contributed by atoms with E-state index in [9.17, 15) is 27.9 Å². The van der Waals surface area contributed by atoms with E-state index in [2.05, 4.69) is 10.3 Å². The van der Waals surface area contributed by atoms with Crippen molar-refractivity contribution in [3.05, 3.63) is 75.3 Å². The molecule has 4 rings (SSSR count). The number of benzene rings is 2. The first-order valence-electron chi connectivity index (χ1n) is 11.0. The van der Waals surface area contributed by atoms with Crippen molar-refractivity contribution < 1.29 is 23.1 Å². The van der Waals surface area contributed by atoms with E-state index in [-0.39, 0.29) is 27.7 Å². The SMILES string of the molecule is C[C@@H](Nc1ccccc1C(=O)O)c1cc(C(F)(F)F)cc2c(=O)n(C)c(C3=CCCCC3)nc12. The molecule has 2 N–H and O–H groups in total. The number of hydrogen-bond donors (Lipinski definition) is 2. The molecule has 6 nitrogen and oxygen atoms in total. The molecule has 0 fully saturated rings. The topological polar surface area (TPSA) is 84.2 Å². The molecule has 0 unspecified atom stereocenters. The molecule has 1 aliphatic carbocycles.